The highest BCUT2D eigenvalue weighted by atomic mass is 16.3. The first kappa shape index (κ1) is 12.7. The summed E-state index contributed by atoms with van der Waals surface area (Å²) in [5, 5.41) is 0. The Kier molecular flexibility index (Phi) is 3.18. The zero-order chi connectivity index (χ0) is 14.1. The molecule has 2 heterocycles. The largest absolute Gasteiger partial charge is 0.464 e. The second kappa shape index (κ2) is 5.00. The SMILES string of the molecule is C=CC(=O)N1Cc2oc(C)cc2[C@@H](c2ccccc2)C1. The molecule has 1 aromatic carbocycles. The van der Waals surface area contributed by atoms with E-state index in [1.165, 1.54) is 17.2 Å². The maximum Gasteiger partial charge on any atom is 0.246 e. The van der Waals surface area contributed by atoms with Crippen LogP contribution in [0.3, 0.4) is 0 Å². The lowest BCUT2D eigenvalue weighted by Crippen LogP contribution is -2.37. The molecule has 0 saturated carbocycles. The molecule has 1 aliphatic heterocycles. The van der Waals surface area contributed by atoms with Gasteiger partial charge in [-0.25, -0.2) is 0 Å². The molecule has 20 heavy (non-hydrogen) atoms. The second-order valence-corrected chi connectivity index (χ2v) is 5.12. The Morgan fingerprint density at radius 3 is 2.85 bits per heavy atom. The van der Waals surface area contributed by atoms with Crippen LogP contribution in [0.25, 0.3) is 0 Å². The molecule has 1 atom stereocenters. The fourth-order valence-corrected chi connectivity index (χ4v) is 2.82. The van der Waals surface area contributed by atoms with Gasteiger partial charge in [0.1, 0.15) is 11.5 Å². The summed E-state index contributed by atoms with van der Waals surface area (Å²) in [5.41, 5.74) is 2.40. The van der Waals surface area contributed by atoms with Crippen LogP contribution >= 0.6 is 0 Å². The van der Waals surface area contributed by atoms with Crippen molar-refractivity contribution in [1.29, 1.82) is 0 Å². The fourth-order valence-electron chi connectivity index (χ4n) is 2.82. The van der Waals surface area contributed by atoms with E-state index in [2.05, 4.69) is 24.8 Å². The standard InChI is InChI=1S/C17H17NO2/c1-3-17(19)18-10-15(13-7-5-4-6-8-13)14-9-12(2)20-16(14)11-18/h3-9,15H,1,10-11H2,2H3/t15-/m1/s1. The van der Waals surface area contributed by atoms with Gasteiger partial charge in [0.2, 0.25) is 5.91 Å². The average molecular weight is 267 g/mol. The quantitative estimate of drug-likeness (QED) is 0.783. The Balaban J connectivity index is 2.03. The van der Waals surface area contributed by atoms with Crippen molar-refractivity contribution in [3.63, 3.8) is 0 Å². The Labute approximate surface area is 118 Å². The molecular formula is C17H17NO2. The lowest BCUT2D eigenvalue weighted by molar-refractivity contribution is -0.127. The number of fused-ring (bicyclic) bond motifs is 1. The zero-order valence-electron chi connectivity index (χ0n) is 11.5. The maximum atomic E-state index is 11.9. The minimum atomic E-state index is -0.0503. The van der Waals surface area contributed by atoms with E-state index < -0.39 is 0 Å². The Morgan fingerprint density at radius 1 is 1.40 bits per heavy atom. The molecule has 1 amide bonds. The van der Waals surface area contributed by atoms with Gasteiger partial charge in [-0.15, -0.1) is 0 Å². The van der Waals surface area contributed by atoms with Gasteiger partial charge >= 0.3 is 0 Å². The monoisotopic (exact) mass is 267 g/mol. The van der Waals surface area contributed by atoms with Crippen LogP contribution in [0.4, 0.5) is 0 Å². The number of furan rings is 1. The Hall–Kier alpha value is -2.29. The van der Waals surface area contributed by atoms with Crippen molar-refractivity contribution in [2.75, 3.05) is 6.54 Å². The zero-order valence-corrected chi connectivity index (χ0v) is 11.5. The van der Waals surface area contributed by atoms with Gasteiger partial charge in [0, 0.05) is 18.0 Å². The molecule has 3 heteroatoms. The van der Waals surface area contributed by atoms with Gasteiger partial charge in [0.05, 0.1) is 6.54 Å². The van der Waals surface area contributed by atoms with Gasteiger partial charge in [0.15, 0.2) is 0 Å². The molecule has 0 N–H and O–H groups in total. The predicted octanol–water partition coefficient (Wildman–Crippen LogP) is 3.25. The van der Waals surface area contributed by atoms with Crippen LogP contribution in [0.15, 0.2) is 53.5 Å². The van der Waals surface area contributed by atoms with Crippen molar-refractivity contribution in [2.24, 2.45) is 0 Å². The number of aryl methyl sites for hydroxylation is 1. The lowest BCUT2D eigenvalue weighted by Gasteiger charge is -2.31. The summed E-state index contributed by atoms with van der Waals surface area (Å²) < 4.78 is 5.75. The van der Waals surface area contributed by atoms with Gasteiger partial charge < -0.3 is 9.32 Å². The van der Waals surface area contributed by atoms with E-state index in [0.29, 0.717) is 13.1 Å². The number of hydrogen-bond donors (Lipinski definition) is 0. The number of amides is 1. The Bertz CT molecular complexity index is 642. The van der Waals surface area contributed by atoms with Gasteiger partial charge in [-0.05, 0) is 24.6 Å². The third kappa shape index (κ3) is 2.16. The number of carbonyl (C=O) groups is 1. The van der Waals surface area contributed by atoms with Crippen molar-refractivity contribution >= 4 is 5.91 Å². The minimum Gasteiger partial charge on any atom is -0.464 e. The third-order valence-corrected chi connectivity index (χ3v) is 3.77. The molecule has 0 bridgehead atoms. The van der Waals surface area contributed by atoms with Crippen LogP contribution in [0, 0.1) is 6.92 Å². The highest BCUT2D eigenvalue weighted by Gasteiger charge is 2.31. The molecule has 102 valence electrons. The van der Waals surface area contributed by atoms with Crippen LogP contribution < -0.4 is 0 Å². The number of carbonyl (C=O) groups excluding carboxylic acids is 1. The number of nitrogens with zero attached hydrogens (tertiary/aromatic N) is 1. The van der Waals surface area contributed by atoms with E-state index in [1.807, 2.05) is 25.1 Å². The topological polar surface area (TPSA) is 33.5 Å². The molecule has 0 saturated heterocycles. The summed E-state index contributed by atoms with van der Waals surface area (Å²) in [6, 6.07) is 12.3. The molecule has 3 nitrogen and oxygen atoms in total. The van der Waals surface area contributed by atoms with E-state index in [-0.39, 0.29) is 11.8 Å². The van der Waals surface area contributed by atoms with Crippen molar-refractivity contribution in [3.8, 4) is 0 Å². The van der Waals surface area contributed by atoms with Crippen molar-refractivity contribution in [2.45, 2.75) is 19.4 Å². The van der Waals surface area contributed by atoms with Crippen molar-refractivity contribution in [1.82, 2.24) is 4.90 Å². The van der Waals surface area contributed by atoms with Crippen LogP contribution in [-0.4, -0.2) is 17.4 Å². The molecule has 0 spiro atoms. The van der Waals surface area contributed by atoms with E-state index in [4.69, 9.17) is 4.42 Å². The molecule has 3 rings (SSSR count). The van der Waals surface area contributed by atoms with Crippen LogP contribution in [0.1, 0.15) is 28.6 Å². The summed E-state index contributed by atoms with van der Waals surface area (Å²) in [7, 11) is 0. The van der Waals surface area contributed by atoms with E-state index >= 15 is 0 Å². The van der Waals surface area contributed by atoms with E-state index in [9.17, 15) is 4.79 Å². The molecule has 0 unspecified atom stereocenters. The third-order valence-electron chi connectivity index (χ3n) is 3.77. The van der Waals surface area contributed by atoms with Crippen LogP contribution in [0.5, 0.6) is 0 Å². The van der Waals surface area contributed by atoms with Crippen LogP contribution in [0.2, 0.25) is 0 Å². The maximum absolute atomic E-state index is 11.9. The van der Waals surface area contributed by atoms with Crippen molar-refractivity contribution < 1.29 is 9.21 Å². The summed E-state index contributed by atoms with van der Waals surface area (Å²) >= 11 is 0. The molecule has 0 radical (unpaired) electrons. The first-order valence-corrected chi connectivity index (χ1v) is 6.74. The lowest BCUT2D eigenvalue weighted by atomic mass is 9.88. The average Bonchev–Trinajstić information content (AvgIpc) is 2.86. The normalized spacial score (nSPS) is 17.6. The molecule has 1 aromatic heterocycles. The second-order valence-electron chi connectivity index (χ2n) is 5.12. The fraction of sp³-hybridized carbons (Fsp3) is 0.235. The van der Waals surface area contributed by atoms with Crippen LogP contribution in [-0.2, 0) is 11.3 Å². The number of benzene rings is 1. The highest BCUT2D eigenvalue weighted by Crippen LogP contribution is 2.35. The summed E-state index contributed by atoms with van der Waals surface area (Å²) in [6.45, 7) is 6.71. The summed E-state index contributed by atoms with van der Waals surface area (Å²) in [5.74, 6) is 1.90. The first-order valence-electron chi connectivity index (χ1n) is 6.74. The van der Waals surface area contributed by atoms with Gasteiger partial charge in [-0.1, -0.05) is 36.9 Å². The number of hydrogen-bond acceptors (Lipinski definition) is 2. The highest BCUT2D eigenvalue weighted by molar-refractivity contribution is 5.87. The molecule has 2 aromatic rings. The molecular weight excluding hydrogens is 250 g/mol. The van der Waals surface area contributed by atoms with E-state index in [0.717, 1.165) is 11.5 Å². The van der Waals surface area contributed by atoms with E-state index in [1.54, 1.807) is 4.90 Å². The minimum absolute atomic E-state index is 0.0503. The van der Waals surface area contributed by atoms with Gasteiger partial charge in [0.25, 0.3) is 0 Å². The summed E-state index contributed by atoms with van der Waals surface area (Å²) in [6.07, 6.45) is 1.36. The first-order chi connectivity index (χ1) is 9.69. The Morgan fingerprint density at radius 2 is 2.15 bits per heavy atom. The predicted molar refractivity (Wildman–Crippen MR) is 77.3 cm³/mol. The smallest absolute Gasteiger partial charge is 0.246 e. The molecule has 0 fully saturated rings. The van der Waals surface area contributed by atoms with Gasteiger partial charge in [-0.3, -0.25) is 4.79 Å². The summed E-state index contributed by atoms with van der Waals surface area (Å²) in [4.78, 5) is 13.7. The number of rotatable bonds is 2. The van der Waals surface area contributed by atoms with Gasteiger partial charge in [-0.2, -0.15) is 0 Å². The molecule has 0 aliphatic carbocycles. The van der Waals surface area contributed by atoms with Crippen molar-refractivity contribution in [3.05, 3.63) is 71.7 Å². The molecule has 1 aliphatic rings.